The molecule has 0 amide bonds. The fourth-order valence-corrected chi connectivity index (χ4v) is 3.00. The van der Waals surface area contributed by atoms with Gasteiger partial charge in [-0.1, -0.05) is 19.9 Å². The van der Waals surface area contributed by atoms with Crippen molar-refractivity contribution in [1.82, 2.24) is 5.32 Å². The van der Waals surface area contributed by atoms with Gasteiger partial charge < -0.3 is 10.4 Å². The van der Waals surface area contributed by atoms with Crippen LogP contribution in [0.2, 0.25) is 0 Å². The summed E-state index contributed by atoms with van der Waals surface area (Å²) in [5, 5.41) is 13.2. The van der Waals surface area contributed by atoms with Crippen LogP contribution in [0.3, 0.4) is 0 Å². The van der Waals surface area contributed by atoms with Gasteiger partial charge in [0.1, 0.15) is 11.6 Å². The lowest BCUT2D eigenvalue weighted by Gasteiger charge is -2.31. The Morgan fingerprint density at radius 1 is 1.37 bits per heavy atom. The summed E-state index contributed by atoms with van der Waals surface area (Å²) in [5.74, 6) is -0.392. The summed E-state index contributed by atoms with van der Waals surface area (Å²) in [6, 6.07) is 4.19. The van der Waals surface area contributed by atoms with E-state index in [0.29, 0.717) is 0 Å². The average Bonchev–Trinajstić information content (AvgIpc) is 2.40. The van der Waals surface area contributed by atoms with Crippen LogP contribution >= 0.6 is 11.8 Å². The van der Waals surface area contributed by atoms with Crippen LogP contribution in [-0.4, -0.2) is 22.7 Å². The zero-order valence-electron chi connectivity index (χ0n) is 12.2. The first-order valence-electron chi connectivity index (χ1n) is 6.75. The molecule has 0 saturated carbocycles. The highest BCUT2D eigenvalue weighted by Crippen LogP contribution is 2.31. The largest absolute Gasteiger partial charge is 0.508 e. The summed E-state index contributed by atoms with van der Waals surface area (Å²) < 4.78 is 13.2. The minimum absolute atomic E-state index is 0.00484. The van der Waals surface area contributed by atoms with Crippen molar-refractivity contribution < 1.29 is 9.50 Å². The fourth-order valence-electron chi connectivity index (χ4n) is 2.19. The molecule has 0 radical (unpaired) electrons. The second-order valence-corrected chi connectivity index (χ2v) is 6.17. The molecule has 1 unspecified atom stereocenters. The van der Waals surface area contributed by atoms with E-state index in [-0.39, 0.29) is 16.5 Å². The Morgan fingerprint density at radius 3 is 2.47 bits per heavy atom. The molecule has 0 spiro atoms. The molecule has 0 heterocycles. The predicted octanol–water partition coefficient (Wildman–Crippen LogP) is 4.10. The van der Waals surface area contributed by atoms with E-state index in [1.165, 1.54) is 6.07 Å². The van der Waals surface area contributed by atoms with Crippen molar-refractivity contribution in [2.75, 3.05) is 12.8 Å². The Labute approximate surface area is 119 Å². The van der Waals surface area contributed by atoms with Gasteiger partial charge >= 0.3 is 0 Å². The van der Waals surface area contributed by atoms with Crippen LogP contribution in [0.25, 0.3) is 0 Å². The number of nitrogens with one attached hydrogen (secondary N) is 1. The molecule has 1 aromatic carbocycles. The summed E-state index contributed by atoms with van der Waals surface area (Å²) in [5.41, 5.74) is 0.739. The topological polar surface area (TPSA) is 32.3 Å². The summed E-state index contributed by atoms with van der Waals surface area (Å²) >= 11 is 1.88. The standard InChI is InChI=1S/C15H24FNOS/c1-5-15(6-2,19-4)10-17-11(3)13-8-7-12(16)9-14(13)18/h7-9,11,17-18H,5-6,10H2,1-4H3. The van der Waals surface area contributed by atoms with Gasteiger partial charge in [-0.25, -0.2) is 4.39 Å². The van der Waals surface area contributed by atoms with E-state index < -0.39 is 5.82 Å². The third kappa shape index (κ3) is 4.11. The maximum absolute atomic E-state index is 13.0. The number of halogens is 1. The molecule has 0 aliphatic rings. The molecular formula is C15H24FNOS. The number of benzene rings is 1. The lowest BCUT2D eigenvalue weighted by molar-refractivity contribution is 0.428. The van der Waals surface area contributed by atoms with Crippen molar-refractivity contribution in [2.24, 2.45) is 0 Å². The maximum atomic E-state index is 13.0. The third-order valence-electron chi connectivity index (χ3n) is 3.91. The molecule has 19 heavy (non-hydrogen) atoms. The van der Waals surface area contributed by atoms with E-state index in [0.717, 1.165) is 31.0 Å². The summed E-state index contributed by atoms with van der Waals surface area (Å²) in [4.78, 5) is 0. The van der Waals surface area contributed by atoms with Crippen molar-refractivity contribution in [3.8, 4) is 5.75 Å². The Morgan fingerprint density at radius 2 is 2.00 bits per heavy atom. The van der Waals surface area contributed by atoms with E-state index in [4.69, 9.17) is 0 Å². The summed E-state index contributed by atoms with van der Waals surface area (Å²) in [7, 11) is 0. The molecule has 108 valence electrons. The van der Waals surface area contributed by atoms with Crippen molar-refractivity contribution in [2.45, 2.75) is 44.4 Å². The number of rotatable bonds is 7. The highest BCUT2D eigenvalue weighted by atomic mass is 32.2. The molecule has 0 aliphatic heterocycles. The fraction of sp³-hybridized carbons (Fsp3) is 0.600. The molecule has 1 atom stereocenters. The molecule has 2 N–H and O–H groups in total. The first kappa shape index (κ1) is 16.3. The molecule has 0 bridgehead atoms. The quantitative estimate of drug-likeness (QED) is 0.791. The Hall–Kier alpha value is -0.740. The number of aromatic hydroxyl groups is 1. The lowest BCUT2D eigenvalue weighted by Crippen LogP contribution is -2.37. The van der Waals surface area contributed by atoms with Crippen LogP contribution < -0.4 is 5.32 Å². The van der Waals surface area contributed by atoms with Crippen molar-refractivity contribution in [3.05, 3.63) is 29.6 Å². The minimum Gasteiger partial charge on any atom is -0.508 e. The smallest absolute Gasteiger partial charge is 0.126 e. The highest BCUT2D eigenvalue weighted by Gasteiger charge is 2.25. The van der Waals surface area contributed by atoms with E-state index in [9.17, 15) is 9.50 Å². The van der Waals surface area contributed by atoms with Gasteiger partial charge in [0, 0.05) is 29.0 Å². The molecule has 0 aromatic heterocycles. The molecule has 0 saturated heterocycles. The summed E-state index contributed by atoms with van der Waals surface area (Å²) in [6.07, 6.45) is 4.33. The van der Waals surface area contributed by atoms with Crippen LogP contribution in [0.4, 0.5) is 4.39 Å². The van der Waals surface area contributed by atoms with E-state index in [1.807, 2.05) is 18.7 Å². The first-order valence-corrected chi connectivity index (χ1v) is 7.97. The predicted molar refractivity (Wildman–Crippen MR) is 81.3 cm³/mol. The second-order valence-electron chi connectivity index (χ2n) is 4.90. The number of phenols is 1. The summed E-state index contributed by atoms with van der Waals surface area (Å²) in [6.45, 7) is 7.26. The van der Waals surface area contributed by atoms with Crippen molar-refractivity contribution in [1.29, 1.82) is 0 Å². The molecule has 0 fully saturated rings. The zero-order valence-corrected chi connectivity index (χ0v) is 13.0. The van der Waals surface area contributed by atoms with Crippen LogP contribution in [0, 0.1) is 5.82 Å². The first-order chi connectivity index (χ1) is 8.98. The zero-order chi connectivity index (χ0) is 14.5. The Kier molecular flexibility index (Phi) is 6.14. The van der Waals surface area contributed by atoms with Crippen molar-refractivity contribution >= 4 is 11.8 Å². The van der Waals surface area contributed by atoms with Gasteiger partial charge in [-0.3, -0.25) is 0 Å². The monoisotopic (exact) mass is 285 g/mol. The van der Waals surface area contributed by atoms with Gasteiger partial charge in [-0.2, -0.15) is 11.8 Å². The highest BCUT2D eigenvalue weighted by molar-refractivity contribution is 8.00. The number of phenolic OH excluding ortho intramolecular Hbond substituents is 1. The average molecular weight is 285 g/mol. The van der Waals surface area contributed by atoms with Gasteiger partial charge in [0.25, 0.3) is 0 Å². The normalized spacial score (nSPS) is 13.5. The maximum Gasteiger partial charge on any atom is 0.126 e. The third-order valence-corrected chi connectivity index (χ3v) is 5.50. The van der Waals surface area contributed by atoms with Crippen LogP contribution in [0.15, 0.2) is 18.2 Å². The SMILES string of the molecule is CCC(CC)(CNC(C)c1ccc(F)cc1O)SC. The minimum atomic E-state index is -0.408. The van der Waals surface area contributed by atoms with E-state index in [2.05, 4.69) is 25.4 Å². The van der Waals surface area contributed by atoms with E-state index in [1.54, 1.807) is 6.07 Å². The van der Waals surface area contributed by atoms with Crippen LogP contribution in [0.1, 0.15) is 45.2 Å². The van der Waals surface area contributed by atoms with Gasteiger partial charge in [0.05, 0.1) is 0 Å². The van der Waals surface area contributed by atoms with Crippen LogP contribution in [0.5, 0.6) is 5.75 Å². The molecule has 4 heteroatoms. The molecule has 1 rings (SSSR count). The number of thioether (sulfide) groups is 1. The van der Waals surface area contributed by atoms with Crippen LogP contribution in [-0.2, 0) is 0 Å². The second kappa shape index (κ2) is 7.15. The molecule has 0 aliphatic carbocycles. The van der Waals surface area contributed by atoms with Gasteiger partial charge in [-0.15, -0.1) is 0 Å². The Bertz CT molecular complexity index is 399. The van der Waals surface area contributed by atoms with Gasteiger partial charge in [0.15, 0.2) is 0 Å². The van der Waals surface area contributed by atoms with E-state index >= 15 is 0 Å². The number of hydrogen-bond acceptors (Lipinski definition) is 3. The van der Waals surface area contributed by atoms with Gasteiger partial charge in [-0.05, 0) is 32.1 Å². The molecular weight excluding hydrogens is 261 g/mol. The Balaban J connectivity index is 2.72. The molecule has 2 nitrogen and oxygen atoms in total. The number of hydrogen-bond donors (Lipinski definition) is 2. The molecule has 1 aromatic rings. The lowest BCUT2D eigenvalue weighted by atomic mass is 10.0. The van der Waals surface area contributed by atoms with Gasteiger partial charge in [0.2, 0.25) is 0 Å². The van der Waals surface area contributed by atoms with Crippen molar-refractivity contribution in [3.63, 3.8) is 0 Å².